The van der Waals surface area contributed by atoms with E-state index >= 15 is 0 Å². The van der Waals surface area contributed by atoms with E-state index < -0.39 is 0 Å². The number of nitriles is 1. The number of rotatable bonds is 2. The number of piperidine rings is 1. The lowest BCUT2D eigenvalue weighted by Gasteiger charge is -2.37. The minimum atomic E-state index is 0.660. The molecule has 0 radical (unpaired) electrons. The van der Waals surface area contributed by atoms with Crippen LogP contribution in [-0.4, -0.2) is 30.7 Å². The van der Waals surface area contributed by atoms with Gasteiger partial charge in [0.2, 0.25) is 0 Å². The highest BCUT2D eigenvalue weighted by Crippen LogP contribution is 2.28. The molecule has 1 N–H and O–H groups in total. The summed E-state index contributed by atoms with van der Waals surface area (Å²) >= 11 is 0. The second-order valence-electron chi connectivity index (χ2n) is 5.99. The van der Waals surface area contributed by atoms with Gasteiger partial charge in [0.15, 0.2) is 0 Å². The number of nitrogens with zero attached hydrogens (tertiary/aromatic N) is 3. The number of hydrogen-bond acceptors (Lipinski definition) is 4. The predicted octanol–water partition coefficient (Wildman–Crippen LogP) is 2.23. The van der Waals surface area contributed by atoms with Crippen LogP contribution < -0.4 is 10.2 Å². The molecule has 3 rings (SSSR count). The second-order valence-corrected chi connectivity index (χ2v) is 5.99. The number of aromatic nitrogens is 1. The van der Waals surface area contributed by atoms with Crippen LogP contribution in [0.2, 0.25) is 0 Å². The SMILES string of the molecule is Cc1ccc(C#N)c(N2CCCC(C3CCCN3)C2)n1. The smallest absolute Gasteiger partial charge is 0.146 e. The van der Waals surface area contributed by atoms with E-state index in [0.29, 0.717) is 17.5 Å². The molecule has 0 bridgehead atoms. The average Bonchev–Trinajstić information content (AvgIpc) is 3.01. The summed E-state index contributed by atoms with van der Waals surface area (Å²) in [5.74, 6) is 1.58. The van der Waals surface area contributed by atoms with E-state index in [1.165, 1.54) is 25.7 Å². The molecule has 1 aromatic rings. The van der Waals surface area contributed by atoms with E-state index in [0.717, 1.165) is 31.1 Å². The fraction of sp³-hybridized carbons (Fsp3) is 0.625. The van der Waals surface area contributed by atoms with Crippen LogP contribution in [0.4, 0.5) is 5.82 Å². The molecule has 20 heavy (non-hydrogen) atoms. The molecule has 2 aliphatic heterocycles. The van der Waals surface area contributed by atoms with Crippen LogP contribution >= 0.6 is 0 Å². The van der Waals surface area contributed by atoms with Gasteiger partial charge >= 0.3 is 0 Å². The first-order chi connectivity index (χ1) is 9.78. The summed E-state index contributed by atoms with van der Waals surface area (Å²) in [7, 11) is 0. The molecular weight excluding hydrogens is 248 g/mol. The maximum absolute atomic E-state index is 9.29. The van der Waals surface area contributed by atoms with Crippen LogP contribution in [0.25, 0.3) is 0 Å². The number of nitrogens with one attached hydrogen (secondary N) is 1. The van der Waals surface area contributed by atoms with Gasteiger partial charge in [-0.2, -0.15) is 5.26 Å². The van der Waals surface area contributed by atoms with Crippen molar-refractivity contribution >= 4 is 5.82 Å². The largest absolute Gasteiger partial charge is 0.355 e. The second kappa shape index (κ2) is 5.80. The summed E-state index contributed by atoms with van der Waals surface area (Å²) in [4.78, 5) is 6.93. The number of hydrogen-bond donors (Lipinski definition) is 1. The molecule has 0 aliphatic carbocycles. The molecule has 4 heteroatoms. The summed E-state index contributed by atoms with van der Waals surface area (Å²) in [6, 6.07) is 6.76. The van der Waals surface area contributed by atoms with E-state index in [2.05, 4.69) is 21.3 Å². The fourth-order valence-corrected chi connectivity index (χ4v) is 3.52. The molecule has 0 saturated carbocycles. The molecule has 0 aromatic carbocycles. The van der Waals surface area contributed by atoms with Crippen molar-refractivity contribution in [1.82, 2.24) is 10.3 Å². The highest BCUT2D eigenvalue weighted by Gasteiger charge is 2.30. The monoisotopic (exact) mass is 270 g/mol. The summed E-state index contributed by atoms with van der Waals surface area (Å²) in [6.07, 6.45) is 5.09. The van der Waals surface area contributed by atoms with Crippen molar-refractivity contribution in [2.75, 3.05) is 24.5 Å². The third kappa shape index (κ3) is 2.64. The topological polar surface area (TPSA) is 52.0 Å². The lowest BCUT2D eigenvalue weighted by atomic mass is 9.89. The van der Waals surface area contributed by atoms with Crippen molar-refractivity contribution in [3.05, 3.63) is 23.4 Å². The zero-order chi connectivity index (χ0) is 13.9. The molecule has 2 unspecified atom stereocenters. The molecular formula is C16H22N4. The van der Waals surface area contributed by atoms with Crippen molar-refractivity contribution in [1.29, 1.82) is 5.26 Å². The Kier molecular flexibility index (Phi) is 3.88. The zero-order valence-electron chi connectivity index (χ0n) is 12.1. The van der Waals surface area contributed by atoms with Crippen molar-refractivity contribution in [3.63, 3.8) is 0 Å². The van der Waals surface area contributed by atoms with Gasteiger partial charge in [-0.1, -0.05) is 0 Å². The van der Waals surface area contributed by atoms with Gasteiger partial charge in [-0.3, -0.25) is 0 Å². The normalized spacial score (nSPS) is 26.5. The van der Waals surface area contributed by atoms with Gasteiger partial charge in [0, 0.05) is 24.8 Å². The highest BCUT2D eigenvalue weighted by molar-refractivity contribution is 5.54. The summed E-state index contributed by atoms with van der Waals surface area (Å²) < 4.78 is 0. The average molecular weight is 270 g/mol. The quantitative estimate of drug-likeness (QED) is 0.895. The highest BCUT2D eigenvalue weighted by atomic mass is 15.2. The summed E-state index contributed by atoms with van der Waals surface area (Å²) in [5, 5.41) is 12.9. The first-order valence-electron chi connectivity index (χ1n) is 7.64. The van der Waals surface area contributed by atoms with Gasteiger partial charge in [-0.15, -0.1) is 0 Å². The van der Waals surface area contributed by atoms with Crippen molar-refractivity contribution in [3.8, 4) is 6.07 Å². The first-order valence-corrected chi connectivity index (χ1v) is 7.64. The van der Waals surface area contributed by atoms with E-state index in [9.17, 15) is 5.26 Å². The van der Waals surface area contributed by atoms with Crippen molar-refractivity contribution in [2.45, 2.75) is 38.6 Å². The molecule has 2 fully saturated rings. The molecule has 4 nitrogen and oxygen atoms in total. The maximum Gasteiger partial charge on any atom is 0.146 e. The Morgan fingerprint density at radius 2 is 2.25 bits per heavy atom. The van der Waals surface area contributed by atoms with Crippen LogP contribution in [0.15, 0.2) is 12.1 Å². The minimum absolute atomic E-state index is 0.660. The number of pyridine rings is 1. The molecule has 3 heterocycles. The van der Waals surface area contributed by atoms with Crippen LogP contribution in [0.3, 0.4) is 0 Å². The van der Waals surface area contributed by atoms with Crippen LogP contribution in [0.1, 0.15) is 36.9 Å². The van der Waals surface area contributed by atoms with Gasteiger partial charge < -0.3 is 10.2 Å². The lowest BCUT2D eigenvalue weighted by molar-refractivity contribution is 0.328. The molecule has 2 aliphatic rings. The van der Waals surface area contributed by atoms with Gasteiger partial charge in [0.1, 0.15) is 11.9 Å². The number of anilines is 1. The first kappa shape index (κ1) is 13.4. The Morgan fingerprint density at radius 3 is 3.00 bits per heavy atom. The van der Waals surface area contributed by atoms with Gasteiger partial charge in [0.05, 0.1) is 5.56 Å². The fourth-order valence-electron chi connectivity index (χ4n) is 3.52. The van der Waals surface area contributed by atoms with E-state index in [-0.39, 0.29) is 0 Å². The Labute approximate surface area is 120 Å². The summed E-state index contributed by atoms with van der Waals surface area (Å²) in [6.45, 7) is 5.20. The van der Waals surface area contributed by atoms with E-state index in [4.69, 9.17) is 0 Å². The standard InChI is InChI=1S/C16H22N4/c1-12-6-7-13(10-17)16(19-12)20-9-3-4-14(11-20)15-5-2-8-18-15/h6-7,14-15,18H,2-5,8-9,11H2,1H3. The Bertz CT molecular complexity index is 514. The van der Waals surface area contributed by atoms with Crippen LogP contribution in [0, 0.1) is 24.2 Å². The summed E-state index contributed by atoms with van der Waals surface area (Å²) in [5.41, 5.74) is 1.69. The van der Waals surface area contributed by atoms with Crippen LogP contribution in [-0.2, 0) is 0 Å². The Balaban J connectivity index is 1.79. The lowest BCUT2D eigenvalue weighted by Crippen LogP contribution is -2.44. The third-order valence-electron chi connectivity index (χ3n) is 4.56. The molecule has 2 atom stereocenters. The van der Waals surface area contributed by atoms with Crippen molar-refractivity contribution in [2.24, 2.45) is 5.92 Å². The van der Waals surface area contributed by atoms with Gasteiger partial charge in [0.25, 0.3) is 0 Å². The molecule has 1 aromatic heterocycles. The predicted molar refractivity (Wildman–Crippen MR) is 79.7 cm³/mol. The van der Waals surface area contributed by atoms with Crippen molar-refractivity contribution < 1.29 is 0 Å². The van der Waals surface area contributed by atoms with Gasteiger partial charge in [-0.25, -0.2) is 4.98 Å². The van der Waals surface area contributed by atoms with E-state index in [1.54, 1.807) is 0 Å². The van der Waals surface area contributed by atoms with E-state index in [1.807, 2.05) is 19.1 Å². The zero-order valence-corrected chi connectivity index (χ0v) is 12.1. The maximum atomic E-state index is 9.29. The third-order valence-corrected chi connectivity index (χ3v) is 4.56. The van der Waals surface area contributed by atoms with Gasteiger partial charge in [-0.05, 0) is 57.2 Å². The molecule has 2 saturated heterocycles. The van der Waals surface area contributed by atoms with Crippen LogP contribution in [0.5, 0.6) is 0 Å². The Morgan fingerprint density at radius 1 is 1.35 bits per heavy atom. The molecule has 0 spiro atoms. The Hall–Kier alpha value is -1.60. The minimum Gasteiger partial charge on any atom is -0.355 e. The molecule has 106 valence electrons. The molecule has 0 amide bonds. The number of aryl methyl sites for hydroxylation is 1.